The lowest BCUT2D eigenvalue weighted by Crippen LogP contribution is -2.21. The number of amides is 1. The lowest BCUT2D eigenvalue weighted by atomic mass is 10.1. The van der Waals surface area contributed by atoms with Crippen LogP contribution in [-0.2, 0) is 6.54 Å². The number of aromatic nitrogens is 1. The first-order valence-electron chi connectivity index (χ1n) is 9.05. The number of rotatable bonds is 6. The fraction of sp³-hybridized carbons (Fsp3) is 0.136. The van der Waals surface area contributed by atoms with Crippen molar-refractivity contribution in [2.24, 2.45) is 0 Å². The molecule has 1 amide bonds. The second-order valence-corrected chi connectivity index (χ2v) is 7.08. The van der Waals surface area contributed by atoms with E-state index in [0.29, 0.717) is 28.8 Å². The molecule has 0 aliphatic carbocycles. The maximum atomic E-state index is 12.7. The van der Waals surface area contributed by atoms with Gasteiger partial charge in [0, 0.05) is 43.7 Å². The first kappa shape index (κ1) is 20.4. The topological polar surface area (TPSA) is 81.1 Å². The van der Waals surface area contributed by atoms with Gasteiger partial charge in [-0.3, -0.25) is 10.2 Å². The minimum absolute atomic E-state index is 0.230. The quantitative estimate of drug-likeness (QED) is 0.415. The molecule has 3 aromatic rings. The smallest absolute Gasteiger partial charge is 0.257 e. The van der Waals surface area contributed by atoms with Crippen molar-refractivity contribution in [3.8, 4) is 0 Å². The molecule has 3 N–H and O–H groups in total. The largest absolute Gasteiger partial charge is 0.381 e. The molecule has 0 unspecified atom stereocenters. The molecule has 2 aromatic carbocycles. The van der Waals surface area contributed by atoms with Crippen molar-refractivity contribution in [2.75, 3.05) is 24.7 Å². The highest BCUT2D eigenvalue weighted by Crippen LogP contribution is 2.16. The normalized spacial score (nSPS) is 10.3. The van der Waals surface area contributed by atoms with Crippen molar-refractivity contribution >= 4 is 34.8 Å². The Labute approximate surface area is 175 Å². The summed E-state index contributed by atoms with van der Waals surface area (Å²) in [5.74, 6) is 0.669. The Kier molecular flexibility index (Phi) is 6.46. The summed E-state index contributed by atoms with van der Waals surface area (Å²) in [6.07, 6.45) is 1.49. The summed E-state index contributed by atoms with van der Waals surface area (Å²) in [5.41, 5.74) is 3.19. The van der Waals surface area contributed by atoms with Crippen molar-refractivity contribution in [3.63, 3.8) is 0 Å². The number of carbonyl (C=O) groups is 1. The van der Waals surface area contributed by atoms with E-state index < -0.39 is 0 Å². The van der Waals surface area contributed by atoms with Gasteiger partial charge in [-0.2, -0.15) is 0 Å². The second-order valence-electron chi connectivity index (χ2n) is 6.65. The summed E-state index contributed by atoms with van der Waals surface area (Å²) < 4.78 is 0. The van der Waals surface area contributed by atoms with Gasteiger partial charge in [-0.05, 0) is 48.0 Å². The first-order valence-corrected chi connectivity index (χ1v) is 9.43. The molecule has 1 heterocycles. The molecule has 1 aromatic heterocycles. The standard InChI is InChI=1S/C22H22ClN5O/c1-28(2)21(24)15-7-10-18(11-8-15)25-13-16-5-3-4-6-19(16)22(29)27-20-12-9-17(23)14-26-20/h3-12,14,24-25H,13H2,1-2H3,(H,26,27,29). The van der Waals surface area contributed by atoms with E-state index in [9.17, 15) is 4.79 Å². The summed E-state index contributed by atoms with van der Waals surface area (Å²) >= 11 is 5.83. The van der Waals surface area contributed by atoms with E-state index in [1.807, 2.05) is 56.6 Å². The van der Waals surface area contributed by atoms with Crippen LogP contribution in [0.25, 0.3) is 0 Å². The van der Waals surface area contributed by atoms with Gasteiger partial charge >= 0.3 is 0 Å². The fourth-order valence-corrected chi connectivity index (χ4v) is 2.84. The molecule has 0 radical (unpaired) electrons. The molecule has 3 rings (SSSR count). The van der Waals surface area contributed by atoms with Crippen LogP contribution in [0.4, 0.5) is 11.5 Å². The highest BCUT2D eigenvalue weighted by atomic mass is 35.5. The second kappa shape index (κ2) is 9.21. The van der Waals surface area contributed by atoms with Crippen LogP contribution in [0.1, 0.15) is 21.5 Å². The molecule has 29 heavy (non-hydrogen) atoms. The van der Waals surface area contributed by atoms with Crippen molar-refractivity contribution in [1.82, 2.24) is 9.88 Å². The van der Waals surface area contributed by atoms with Gasteiger partial charge in [0.25, 0.3) is 5.91 Å². The van der Waals surface area contributed by atoms with E-state index in [-0.39, 0.29) is 5.91 Å². The van der Waals surface area contributed by atoms with E-state index in [0.717, 1.165) is 16.8 Å². The highest BCUT2D eigenvalue weighted by Gasteiger charge is 2.12. The third-order valence-corrected chi connectivity index (χ3v) is 4.54. The van der Waals surface area contributed by atoms with Gasteiger partial charge in [0.1, 0.15) is 11.7 Å². The molecule has 148 valence electrons. The number of anilines is 2. The lowest BCUT2D eigenvalue weighted by molar-refractivity contribution is 0.102. The Morgan fingerprint density at radius 1 is 1.07 bits per heavy atom. The number of halogens is 1. The molecule has 0 aliphatic rings. The van der Waals surface area contributed by atoms with Crippen LogP contribution >= 0.6 is 11.6 Å². The molecule has 0 saturated carbocycles. The number of benzene rings is 2. The fourth-order valence-electron chi connectivity index (χ4n) is 2.73. The summed E-state index contributed by atoms with van der Waals surface area (Å²) in [7, 11) is 3.69. The average molecular weight is 408 g/mol. The van der Waals surface area contributed by atoms with Crippen LogP contribution in [-0.4, -0.2) is 35.7 Å². The average Bonchev–Trinajstić information content (AvgIpc) is 2.74. The van der Waals surface area contributed by atoms with Gasteiger partial charge in [0.15, 0.2) is 0 Å². The van der Waals surface area contributed by atoms with Crippen LogP contribution in [0.2, 0.25) is 5.02 Å². The van der Waals surface area contributed by atoms with Crippen LogP contribution in [0.5, 0.6) is 0 Å². The number of nitrogens with one attached hydrogen (secondary N) is 3. The van der Waals surface area contributed by atoms with Crippen LogP contribution in [0.15, 0.2) is 66.9 Å². The predicted octanol–water partition coefficient (Wildman–Crippen LogP) is 4.49. The Morgan fingerprint density at radius 3 is 2.45 bits per heavy atom. The van der Waals surface area contributed by atoms with Gasteiger partial charge in [0.05, 0.1) is 5.02 Å². The van der Waals surface area contributed by atoms with E-state index in [4.69, 9.17) is 17.0 Å². The Balaban J connectivity index is 1.68. The molecular formula is C22H22ClN5O. The van der Waals surface area contributed by atoms with Crippen molar-refractivity contribution in [2.45, 2.75) is 6.54 Å². The Hall–Kier alpha value is -3.38. The molecule has 0 spiro atoms. The van der Waals surface area contributed by atoms with Gasteiger partial charge in [0.2, 0.25) is 0 Å². The molecule has 0 atom stereocenters. The summed E-state index contributed by atoms with van der Waals surface area (Å²) in [4.78, 5) is 18.5. The Morgan fingerprint density at radius 2 is 1.79 bits per heavy atom. The minimum atomic E-state index is -0.230. The number of nitrogens with zero attached hydrogens (tertiary/aromatic N) is 2. The lowest BCUT2D eigenvalue weighted by Gasteiger charge is -2.15. The van der Waals surface area contributed by atoms with E-state index >= 15 is 0 Å². The monoisotopic (exact) mass is 407 g/mol. The van der Waals surface area contributed by atoms with E-state index in [1.165, 1.54) is 6.20 Å². The molecule has 0 saturated heterocycles. The summed E-state index contributed by atoms with van der Waals surface area (Å²) in [6.45, 7) is 0.488. The number of carbonyl (C=O) groups excluding carboxylic acids is 1. The Bertz CT molecular complexity index is 1000. The highest BCUT2D eigenvalue weighted by molar-refractivity contribution is 6.30. The number of hydrogen-bond donors (Lipinski definition) is 3. The van der Waals surface area contributed by atoms with Gasteiger partial charge in [-0.25, -0.2) is 4.98 Å². The van der Waals surface area contributed by atoms with Crippen LogP contribution < -0.4 is 10.6 Å². The molecular weight excluding hydrogens is 386 g/mol. The zero-order valence-corrected chi connectivity index (χ0v) is 17.0. The van der Waals surface area contributed by atoms with Gasteiger partial charge < -0.3 is 15.5 Å². The molecule has 7 heteroatoms. The summed E-state index contributed by atoms with van der Waals surface area (Å²) in [6, 6.07) is 18.4. The number of pyridine rings is 1. The van der Waals surface area contributed by atoms with Crippen molar-refractivity contribution in [3.05, 3.63) is 88.6 Å². The van der Waals surface area contributed by atoms with Gasteiger partial charge in [-0.1, -0.05) is 29.8 Å². The number of hydrogen-bond acceptors (Lipinski definition) is 4. The van der Waals surface area contributed by atoms with Crippen LogP contribution in [0.3, 0.4) is 0 Å². The van der Waals surface area contributed by atoms with Crippen LogP contribution in [0, 0.1) is 5.41 Å². The zero-order chi connectivity index (χ0) is 20.8. The van der Waals surface area contributed by atoms with Gasteiger partial charge in [-0.15, -0.1) is 0 Å². The van der Waals surface area contributed by atoms with Crippen molar-refractivity contribution in [1.29, 1.82) is 5.41 Å². The molecule has 6 nitrogen and oxygen atoms in total. The van der Waals surface area contributed by atoms with E-state index in [2.05, 4.69) is 15.6 Å². The third-order valence-electron chi connectivity index (χ3n) is 4.32. The molecule has 0 bridgehead atoms. The summed E-state index contributed by atoms with van der Waals surface area (Å²) in [5, 5.41) is 14.6. The maximum Gasteiger partial charge on any atom is 0.257 e. The minimum Gasteiger partial charge on any atom is -0.381 e. The predicted molar refractivity (Wildman–Crippen MR) is 118 cm³/mol. The molecule has 0 aliphatic heterocycles. The van der Waals surface area contributed by atoms with E-state index in [1.54, 1.807) is 23.1 Å². The zero-order valence-electron chi connectivity index (χ0n) is 16.2. The maximum absolute atomic E-state index is 12.7. The third kappa shape index (κ3) is 5.33. The van der Waals surface area contributed by atoms with Crippen molar-refractivity contribution < 1.29 is 4.79 Å². The molecule has 0 fully saturated rings. The first-order chi connectivity index (χ1) is 13.9. The SMILES string of the molecule is CN(C)C(=N)c1ccc(NCc2ccccc2C(=O)Nc2ccc(Cl)cn2)cc1. The number of amidine groups is 1.